The summed E-state index contributed by atoms with van der Waals surface area (Å²) in [6, 6.07) is 0. The van der Waals surface area contributed by atoms with Crippen molar-refractivity contribution in [1.82, 2.24) is 0 Å². The molecule has 0 aromatic heterocycles. The van der Waals surface area contributed by atoms with Gasteiger partial charge in [-0.1, -0.05) is 49.4 Å². The Balaban J connectivity index is 4.93. The maximum absolute atomic E-state index is 2.27. The van der Waals surface area contributed by atoms with Crippen LogP contribution in [-0.4, -0.2) is 7.85 Å². The minimum atomic E-state index is 0.666. The smallest absolute Gasteiger partial charge is 0.0870 e. The average molecular weight is 192 g/mol. The molecule has 80 valence electrons. The van der Waals surface area contributed by atoms with Crippen molar-refractivity contribution >= 4 is 7.85 Å². The van der Waals surface area contributed by atoms with E-state index < -0.39 is 0 Å². The molecule has 0 amide bonds. The molecule has 0 aliphatic carbocycles. The van der Waals surface area contributed by atoms with Crippen LogP contribution in [0.15, 0.2) is 22.2 Å². The predicted octanol–water partition coefficient (Wildman–Crippen LogP) is 3.69. The van der Waals surface area contributed by atoms with Crippen LogP contribution in [0, 0.1) is 5.92 Å². The van der Waals surface area contributed by atoms with Crippen LogP contribution < -0.4 is 0 Å². The highest BCUT2D eigenvalue weighted by Crippen LogP contribution is 2.22. The van der Waals surface area contributed by atoms with Crippen molar-refractivity contribution in [3.63, 3.8) is 0 Å². The highest BCUT2D eigenvalue weighted by Gasteiger charge is 2.05. The molecular formula is C13H25B. The molecule has 0 aliphatic rings. The Morgan fingerprint density at radius 3 is 2.00 bits per heavy atom. The van der Waals surface area contributed by atoms with Gasteiger partial charge in [0, 0.05) is 0 Å². The topological polar surface area (TPSA) is 0 Å². The van der Waals surface area contributed by atoms with Crippen molar-refractivity contribution in [3.8, 4) is 0 Å². The summed E-state index contributed by atoms with van der Waals surface area (Å²) in [5, 5.41) is 0. The third kappa shape index (κ3) is 3.73. The molecule has 0 atom stereocenters. The van der Waals surface area contributed by atoms with Crippen LogP contribution in [0.2, 0.25) is 0 Å². The normalized spacial score (nSPS) is 15.4. The number of hydrogen-bond donors (Lipinski definition) is 0. The van der Waals surface area contributed by atoms with Crippen LogP contribution >= 0.6 is 0 Å². The zero-order valence-corrected chi connectivity index (χ0v) is 11.0. The van der Waals surface area contributed by atoms with Gasteiger partial charge in [0.2, 0.25) is 0 Å². The second-order valence-corrected chi connectivity index (χ2v) is 4.62. The molecule has 0 aromatic carbocycles. The fourth-order valence-electron chi connectivity index (χ4n) is 1.61. The fourth-order valence-corrected chi connectivity index (χ4v) is 1.61. The van der Waals surface area contributed by atoms with Crippen LogP contribution in [0.4, 0.5) is 0 Å². The Bertz CT molecular complexity index is 244. The van der Waals surface area contributed by atoms with Gasteiger partial charge in [-0.15, -0.1) is 0 Å². The highest BCUT2D eigenvalue weighted by molar-refractivity contribution is 6.24. The summed E-state index contributed by atoms with van der Waals surface area (Å²) in [6.07, 6.45) is 2.48. The average Bonchev–Trinajstić information content (AvgIpc) is 2.14. The van der Waals surface area contributed by atoms with E-state index in [1.807, 2.05) is 0 Å². The van der Waals surface area contributed by atoms with Crippen LogP contribution in [0.1, 0.15) is 54.4 Å². The Kier molecular flexibility index (Phi) is 5.91. The summed E-state index contributed by atoms with van der Waals surface area (Å²) >= 11 is 0. The van der Waals surface area contributed by atoms with Crippen molar-refractivity contribution in [2.24, 2.45) is 5.92 Å². The zero-order chi connectivity index (χ0) is 11.3. The summed E-state index contributed by atoms with van der Waals surface area (Å²) in [6.45, 7) is 13.5. The van der Waals surface area contributed by atoms with E-state index in [2.05, 4.69) is 49.4 Å². The molecule has 0 aromatic rings. The fraction of sp³-hybridized carbons (Fsp3) is 0.692. The van der Waals surface area contributed by atoms with Gasteiger partial charge in [-0.3, -0.25) is 0 Å². The second kappa shape index (κ2) is 6.11. The van der Waals surface area contributed by atoms with Gasteiger partial charge in [-0.25, -0.2) is 0 Å². The van der Waals surface area contributed by atoms with Crippen molar-refractivity contribution < 1.29 is 0 Å². The Hall–Kier alpha value is -0.455. The first-order valence-corrected chi connectivity index (χ1v) is 5.75. The van der Waals surface area contributed by atoms with E-state index in [1.165, 1.54) is 29.5 Å². The van der Waals surface area contributed by atoms with Crippen molar-refractivity contribution in [2.45, 2.75) is 54.4 Å². The molecule has 0 heterocycles. The molecule has 0 unspecified atom stereocenters. The van der Waals surface area contributed by atoms with E-state index in [4.69, 9.17) is 0 Å². The first-order valence-electron chi connectivity index (χ1n) is 5.75. The van der Waals surface area contributed by atoms with Gasteiger partial charge in [-0.2, -0.15) is 0 Å². The molecular weight excluding hydrogens is 167 g/mol. The van der Waals surface area contributed by atoms with Gasteiger partial charge in [0.25, 0.3) is 0 Å². The van der Waals surface area contributed by atoms with E-state index in [0.717, 1.165) is 0 Å². The monoisotopic (exact) mass is 192 g/mol. The molecule has 0 fully saturated rings. The molecule has 0 saturated heterocycles. The first kappa shape index (κ1) is 13.5. The van der Waals surface area contributed by atoms with Gasteiger partial charge >= 0.3 is 0 Å². The molecule has 0 aliphatic heterocycles. The summed E-state index contributed by atoms with van der Waals surface area (Å²) in [5.41, 5.74) is 6.06. The number of rotatable bonds is 4. The van der Waals surface area contributed by atoms with Crippen LogP contribution in [0.3, 0.4) is 0 Å². The summed E-state index contributed by atoms with van der Waals surface area (Å²) in [4.78, 5) is 0. The predicted molar refractivity (Wildman–Crippen MR) is 69.4 cm³/mol. The minimum absolute atomic E-state index is 0.666. The van der Waals surface area contributed by atoms with Gasteiger partial charge in [-0.05, 0) is 33.1 Å². The largest absolute Gasteiger partial charge is 0.139 e. The van der Waals surface area contributed by atoms with E-state index >= 15 is 0 Å². The molecule has 0 rings (SSSR count). The molecule has 0 saturated carbocycles. The summed E-state index contributed by atoms with van der Waals surface area (Å²) in [5.74, 6) is 0.666. The highest BCUT2D eigenvalue weighted by atomic mass is 14.1. The molecule has 1 heteroatoms. The standard InChI is InChI=1S/C13H25B/c1-7-8-10(4)12(6)13(14)11(5)9(2)3/h9H,7-8,14H2,1-6H3/b12-10+,13-11+. The first-order chi connectivity index (χ1) is 6.41. The zero-order valence-electron chi connectivity index (χ0n) is 11.0. The molecule has 0 bridgehead atoms. The van der Waals surface area contributed by atoms with E-state index in [9.17, 15) is 0 Å². The van der Waals surface area contributed by atoms with Crippen molar-refractivity contribution in [3.05, 3.63) is 22.2 Å². The Morgan fingerprint density at radius 2 is 1.64 bits per heavy atom. The minimum Gasteiger partial charge on any atom is -0.0870 e. The van der Waals surface area contributed by atoms with Crippen LogP contribution in [-0.2, 0) is 0 Å². The molecule has 14 heavy (non-hydrogen) atoms. The van der Waals surface area contributed by atoms with E-state index in [0.29, 0.717) is 5.92 Å². The second-order valence-electron chi connectivity index (χ2n) is 4.62. The molecule has 0 spiro atoms. The maximum Gasteiger partial charge on any atom is 0.139 e. The van der Waals surface area contributed by atoms with Crippen LogP contribution in [0.25, 0.3) is 0 Å². The van der Waals surface area contributed by atoms with E-state index in [-0.39, 0.29) is 0 Å². The Labute approximate surface area is 90.9 Å². The van der Waals surface area contributed by atoms with Crippen molar-refractivity contribution in [1.29, 1.82) is 0 Å². The number of hydrogen-bond acceptors (Lipinski definition) is 0. The van der Waals surface area contributed by atoms with Crippen molar-refractivity contribution in [2.75, 3.05) is 0 Å². The number of allylic oxidation sites excluding steroid dienone is 4. The molecule has 0 radical (unpaired) electrons. The van der Waals surface area contributed by atoms with Gasteiger partial charge in [0.1, 0.15) is 7.85 Å². The lowest BCUT2D eigenvalue weighted by molar-refractivity contribution is 0.764. The van der Waals surface area contributed by atoms with Gasteiger partial charge in [0.15, 0.2) is 0 Å². The van der Waals surface area contributed by atoms with Gasteiger partial charge in [0.05, 0.1) is 0 Å². The van der Waals surface area contributed by atoms with E-state index in [1.54, 1.807) is 5.57 Å². The quantitative estimate of drug-likeness (QED) is 0.470. The molecule has 0 N–H and O–H groups in total. The van der Waals surface area contributed by atoms with Gasteiger partial charge < -0.3 is 0 Å². The lowest BCUT2D eigenvalue weighted by Gasteiger charge is -2.14. The third-order valence-electron chi connectivity index (χ3n) is 3.29. The lowest BCUT2D eigenvalue weighted by Crippen LogP contribution is -1.99. The SMILES string of the molecule is BC(=C(\C)C(C)C)/C(C)=C(\C)CCC. The maximum atomic E-state index is 2.27. The van der Waals surface area contributed by atoms with Crippen LogP contribution in [0.5, 0.6) is 0 Å². The third-order valence-corrected chi connectivity index (χ3v) is 3.29. The lowest BCUT2D eigenvalue weighted by atomic mass is 9.79. The summed E-state index contributed by atoms with van der Waals surface area (Å²) < 4.78 is 0. The molecule has 0 nitrogen and oxygen atoms in total. The summed E-state index contributed by atoms with van der Waals surface area (Å²) in [7, 11) is 2.25. The Morgan fingerprint density at radius 1 is 1.14 bits per heavy atom.